The number of hydrogen-bond donors (Lipinski definition) is 0. The van der Waals surface area contributed by atoms with Gasteiger partial charge in [-0.25, -0.2) is 0 Å². The number of aromatic nitrogens is 2. The number of anilines is 3. The summed E-state index contributed by atoms with van der Waals surface area (Å²) < 4.78 is 4.78. The summed E-state index contributed by atoms with van der Waals surface area (Å²) in [5.41, 5.74) is 12.8. The van der Waals surface area contributed by atoms with Crippen molar-refractivity contribution < 1.29 is 0 Å². The second kappa shape index (κ2) is 12.6. The molecule has 3 nitrogen and oxygen atoms in total. The van der Waals surface area contributed by atoms with E-state index >= 15 is 0 Å². The van der Waals surface area contributed by atoms with E-state index in [2.05, 4.69) is 226 Å². The first-order valence-electron chi connectivity index (χ1n) is 18.9. The molecule has 0 saturated carbocycles. The summed E-state index contributed by atoms with van der Waals surface area (Å²) in [6.07, 6.45) is 0. The molecule has 11 rings (SSSR count). The molecule has 55 heavy (non-hydrogen) atoms. The number of fused-ring (bicyclic) bond motifs is 8. The van der Waals surface area contributed by atoms with Crippen molar-refractivity contribution in [2.45, 2.75) is 0 Å². The van der Waals surface area contributed by atoms with E-state index < -0.39 is 0 Å². The summed E-state index contributed by atoms with van der Waals surface area (Å²) in [5, 5.41) is 7.62. The van der Waals surface area contributed by atoms with Crippen LogP contribution in [0.1, 0.15) is 0 Å². The Morgan fingerprint density at radius 3 is 1.55 bits per heavy atom. The molecule has 11 aromatic rings. The van der Waals surface area contributed by atoms with Gasteiger partial charge in [-0.3, -0.25) is 0 Å². The smallest absolute Gasteiger partial charge is 0.0561 e. The lowest BCUT2D eigenvalue weighted by Crippen LogP contribution is -2.10. The summed E-state index contributed by atoms with van der Waals surface area (Å²) in [6, 6.07) is 76.8. The minimum absolute atomic E-state index is 1.10. The monoisotopic (exact) mass is 701 g/mol. The van der Waals surface area contributed by atoms with Gasteiger partial charge in [0.1, 0.15) is 0 Å². The summed E-state index contributed by atoms with van der Waals surface area (Å²) in [4.78, 5) is 2.35. The fourth-order valence-corrected chi connectivity index (χ4v) is 8.60. The normalized spacial score (nSPS) is 11.6. The number of hydrogen-bond acceptors (Lipinski definition) is 1. The number of para-hydroxylation sites is 4. The largest absolute Gasteiger partial charge is 0.310 e. The fraction of sp³-hybridized carbons (Fsp3) is 0. The van der Waals surface area contributed by atoms with Crippen molar-refractivity contribution in [3.63, 3.8) is 0 Å². The molecule has 0 saturated heterocycles. The average Bonchev–Trinajstić information content (AvgIpc) is 3.78. The van der Waals surface area contributed by atoms with E-state index in [1.54, 1.807) is 0 Å². The van der Waals surface area contributed by atoms with Crippen molar-refractivity contribution in [2.75, 3.05) is 4.90 Å². The molecule has 0 unspecified atom stereocenters. The molecule has 0 radical (unpaired) electrons. The van der Waals surface area contributed by atoms with E-state index in [9.17, 15) is 0 Å². The molecule has 0 atom stereocenters. The highest BCUT2D eigenvalue weighted by molar-refractivity contribution is 6.21. The summed E-state index contributed by atoms with van der Waals surface area (Å²) in [6.45, 7) is 0. The van der Waals surface area contributed by atoms with Gasteiger partial charge in [0, 0.05) is 50.0 Å². The molecule has 0 aliphatic carbocycles. The van der Waals surface area contributed by atoms with Crippen LogP contribution in [-0.2, 0) is 0 Å². The molecule has 0 fully saturated rings. The Morgan fingerprint density at radius 2 is 0.800 bits per heavy atom. The lowest BCUT2D eigenvalue weighted by Gasteiger charge is -2.26. The van der Waals surface area contributed by atoms with E-state index in [4.69, 9.17) is 0 Å². The zero-order chi connectivity index (χ0) is 36.3. The maximum absolute atomic E-state index is 2.40. The first kappa shape index (κ1) is 31.2. The second-order valence-corrected chi connectivity index (χ2v) is 14.2. The van der Waals surface area contributed by atoms with E-state index in [0.29, 0.717) is 0 Å². The lowest BCUT2D eigenvalue weighted by atomic mass is 10.0. The highest BCUT2D eigenvalue weighted by Crippen LogP contribution is 2.41. The Hall–Kier alpha value is -7.36. The topological polar surface area (TPSA) is 13.1 Å². The Kier molecular flexibility index (Phi) is 7.17. The van der Waals surface area contributed by atoms with Crippen LogP contribution in [0.2, 0.25) is 0 Å². The van der Waals surface area contributed by atoms with Gasteiger partial charge < -0.3 is 14.0 Å². The van der Waals surface area contributed by atoms with Gasteiger partial charge >= 0.3 is 0 Å². The van der Waals surface area contributed by atoms with Crippen LogP contribution in [0.15, 0.2) is 212 Å². The molecular weight excluding hydrogens is 667 g/mol. The van der Waals surface area contributed by atoms with Crippen LogP contribution in [0.3, 0.4) is 0 Å². The quantitative estimate of drug-likeness (QED) is 0.168. The molecule has 0 aliphatic heterocycles. The molecule has 9 aromatic carbocycles. The molecule has 0 N–H and O–H groups in total. The lowest BCUT2D eigenvalue weighted by molar-refractivity contribution is 1.18. The molecule has 0 spiro atoms. The highest BCUT2D eigenvalue weighted by Gasteiger charge is 2.18. The molecule has 258 valence electrons. The zero-order valence-corrected chi connectivity index (χ0v) is 30.0. The van der Waals surface area contributed by atoms with Crippen LogP contribution >= 0.6 is 0 Å². The van der Waals surface area contributed by atoms with E-state index in [0.717, 1.165) is 28.4 Å². The number of rotatable bonds is 6. The van der Waals surface area contributed by atoms with Gasteiger partial charge in [0.25, 0.3) is 0 Å². The van der Waals surface area contributed by atoms with Crippen molar-refractivity contribution >= 4 is 71.4 Å². The SMILES string of the molecule is c1ccc(N(c2ccc(-c3ccc(-n4c5ccccc5c5c6ccccc6ccc54)cc3)cc2)c2ccc3c4ccccc4n(-c4ccccc4)c3c2)cc1. The Labute approximate surface area is 319 Å². The van der Waals surface area contributed by atoms with Gasteiger partial charge in [-0.2, -0.15) is 0 Å². The zero-order valence-electron chi connectivity index (χ0n) is 30.0. The molecule has 0 aliphatic rings. The van der Waals surface area contributed by atoms with Crippen LogP contribution in [0.4, 0.5) is 17.1 Å². The summed E-state index contributed by atoms with van der Waals surface area (Å²) in [7, 11) is 0. The minimum atomic E-state index is 1.10. The highest BCUT2D eigenvalue weighted by atomic mass is 15.1. The summed E-state index contributed by atoms with van der Waals surface area (Å²) >= 11 is 0. The van der Waals surface area contributed by atoms with Crippen molar-refractivity contribution in [3.8, 4) is 22.5 Å². The fourth-order valence-electron chi connectivity index (χ4n) is 8.60. The predicted molar refractivity (Wildman–Crippen MR) is 233 cm³/mol. The second-order valence-electron chi connectivity index (χ2n) is 14.2. The van der Waals surface area contributed by atoms with Crippen LogP contribution in [0, 0.1) is 0 Å². The van der Waals surface area contributed by atoms with Crippen LogP contribution < -0.4 is 4.90 Å². The predicted octanol–water partition coefficient (Wildman–Crippen LogP) is 14.2. The van der Waals surface area contributed by atoms with E-state index in [1.165, 1.54) is 65.5 Å². The molecule has 2 heterocycles. The van der Waals surface area contributed by atoms with Gasteiger partial charge in [-0.1, -0.05) is 133 Å². The Morgan fingerprint density at radius 1 is 0.291 bits per heavy atom. The van der Waals surface area contributed by atoms with Crippen LogP contribution in [0.5, 0.6) is 0 Å². The molecule has 2 aromatic heterocycles. The standard InChI is InChI=1S/C52H35N3/c1-3-14-39(15-4-1)53(43-32-33-46-45-19-9-11-21-48(45)55(51(46)35-43)40-16-5-2-6-17-40)41-28-23-36(24-29-41)37-25-30-42(31-26-37)54-49-22-12-10-20-47(49)52-44-18-8-7-13-38(44)27-34-50(52)54/h1-35H. The van der Waals surface area contributed by atoms with Gasteiger partial charge in [0.05, 0.1) is 22.1 Å². The summed E-state index contributed by atoms with van der Waals surface area (Å²) in [5.74, 6) is 0. The molecular formula is C52H35N3. The number of nitrogens with zero attached hydrogens (tertiary/aromatic N) is 3. The average molecular weight is 702 g/mol. The molecule has 3 heteroatoms. The van der Waals surface area contributed by atoms with Gasteiger partial charge in [0.2, 0.25) is 0 Å². The maximum atomic E-state index is 2.40. The molecule has 0 bridgehead atoms. The Bertz CT molecular complexity index is 3170. The van der Waals surface area contributed by atoms with Gasteiger partial charge in [-0.15, -0.1) is 0 Å². The maximum Gasteiger partial charge on any atom is 0.0561 e. The third kappa shape index (κ3) is 5.05. The number of benzene rings is 9. The van der Waals surface area contributed by atoms with Crippen molar-refractivity contribution in [1.82, 2.24) is 9.13 Å². The van der Waals surface area contributed by atoms with Gasteiger partial charge in [0.15, 0.2) is 0 Å². The van der Waals surface area contributed by atoms with E-state index in [1.807, 2.05) is 0 Å². The minimum Gasteiger partial charge on any atom is -0.310 e. The van der Waals surface area contributed by atoms with Crippen LogP contribution in [-0.4, -0.2) is 9.13 Å². The molecule has 0 amide bonds. The van der Waals surface area contributed by atoms with Crippen molar-refractivity contribution in [1.29, 1.82) is 0 Å². The van der Waals surface area contributed by atoms with Crippen molar-refractivity contribution in [2.24, 2.45) is 0 Å². The Balaban J connectivity index is 0.986. The first-order valence-corrected chi connectivity index (χ1v) is 18.9. The van der Waals surface area contributed by atoms with Crippen molar-refractivity contribution in [3.05, 3.63) is 212 Å². The third-order valence-corrected chi connectivity index (χ3v) is 11.1. The van der Waals surface area contributed by atoms with E-state index in [-0.39, 0.29) is 0 Å². The van der Waals surface area contributed by atoms with Crippen LogP contribution in [0.25, 0.3) is 76.9 Å². The first-order chi connectivity index (χ1) is 27.3. The third-order valence-electron chi connectivity index (χ3n) is 11.1. The van der Waals surface area contributed by atoms with Gasteiger partial charge in [-0.05, 0) is 101 Å².